The average Bonchev–Trinajstić information content (AvgIpc) is 2.19. The van der Waals surface area contributed by atoms with E-state index in [1.807, 2.05) is 23.9 Å². The van der Waals surface area contributed by atoms with Gasteiger partial charge in [-0.1, -0.05) is 6.08 Å². The van der Waals surface area contributed by atoms with Crippen LogP contribution in [0.5, 0.6) is 0 Å². The first-order chi connectivity index (χ1) is 6.33. The van der Waals surface area contributed by atoms with E-state index < -0.39 is 0 Å². The van der Waals surface area contributed by atoms with Gasteiger partial charge in [0.05, 0.1) is 6.26 Å². The summed E-state index contributed by atoms with van der Waals surface area (Å²) in [7, 11) is 0. The summed E-state index contributed by atoms with van der Waals surface area (Å²) >= 11 is 10.4. The van der Waals surface area contributed by atoms with Crippen molar-refractivity contribution < 1.29 is 4.74 Å². The van der Waals surface area contributed by atoms with Crippen molar-refractivity contribution in [3.8, 4) is 0 Å². The highest BCUT2D eigenvalue weighted by atomic mass is 32.2. The lowest BCUT2D eigenvalue weighted by Crippen LogP contribution is -2.13. The Kier molecular flexibility index (Phi) is 5.91. The average molecular weight is 234 g/mol. The van der Waals surface area contributed by atoms with E-state index in [0.717, 1.165) is 17.3 Å². The minimum atomic E-state index is 0.232. The lowest BCUT2D eigenvalue weighted by atomic mass is 10.3. The summed E-state index contributed by atoms with van der Waals surface area (Å²) < 4.78 is 5.36. The molecule has 0 aromatic heterocycles. The van der Waals surface area contributed by atoms with Gasteiger partial charge in [0.25, 0.3) is 0 Å². The van der Waals surface area contributed by atoms with Crippen LogP contribution in [0.4, 0.5) is 0 Å². The molecule has 0 aliphatic carbocycles. The number of allylic oxidation sites excluding steroid dienone is 2. The molecule has 0 aromatic carbocycles. The molecule has 4 heteroatoms. The molecule has 1 heterocycles. The Morgan fingerprint density at radius 3 is 2.92 bits per heavy atom. The van der Waals surface area contributed by atoms with Gasteiger partial charge >= 0.3 is 0 Å². The van der Waals surface area contributed by atoms with Crippen LogP contribution in [0.3, 0.4) is 0 Å². The number of hydrogen-bond donors (Lipinski definition) is 2. The molecule has 2 unspecified atom stereocenters. The molecule has 0 amide bonds. The topological polar surface area (TPSA) is 9.23 Å². The van der Waals surface area contributed by atoms with Crippen molar-refractivity contribution >= 4 is 37.0 Å². The Hall–Kier alpha value is 0.330. The second kappa shape index (κ2) is 6.74. The van der Waals surface area contributed by atoms with E-state index in [2.05, 4.69) is 31.3 Å². The van der Waals surface area contributed by atoms with Gasteiger partial charge in [0, 0.05) is 22.5 Å². The van der Waals surface area contributed by atoms with Crippen LogP contribution in [-0.2, 0) is 4.74 Å². The van der Waals surface area contributed by atoms with Gasteiger partial charge in [-0.25, -0.2) is 0 Å². The van der Waals surface area contributed by atoms with Crippen molar-refractivity contribution in [3.63, 3.8) is 0 Å². The smallest absolute Gasteiger partial charge is 0.125 e. The fourth-order valence-electron chi connectivity index (χ4n) is 0.893. The summed E-state index contributed by atoms with van der Waals surface area (Å²) in [5.74, 6) is 2.85. The predicted octanol–water partition coefficient (Wildman–Crippen LogP) is 2.42. The SMILES string of the molecule is SCC(S)CSCC1C=CC=CO1. The molecule has 1 nitrogen and oxygen atoms in total. The zero-order valence-corrected chi connectivity index (χ0v) is 9.90. The Bertz CT molecular complexity index is 191. The van der Waals surface area contributed by atoms with E-state index in [4.69, 9.17) is 4.74 Å². The molecule has 1 rings (SSSR count). The third-order valence-corrected chi connectivity index (χ3v) is 4.12. The van der Waals surface area contributed by atoms with Gasteiger partial charge in [-0.2, -0.15) is 37.0 Å². The van der Waals surface area contributed by atoms with Crippen LogP contribution in [0.25, 0.3) is 0 Å². The van der Waals surface area contributed by atoms with E-state index in [-0.39, 0.29) is 6.10 Å². The zero-order chi connectivity index (χ0) is 9.52. The van der Waals surface area contributed by atoms with E-state index in [1.165, 1.54) is 0 Å². The van der Waals surface area contributed by atoms with Crippen LogP contribution < -0.4 is 0 Å². The van der Waals surface area contributed by atoms with Gasteiger partial charge in [0.15, 0.2) is 0 Å². The van der Waals surface area contributed by atoms with Crippen molar-refractivity contribution in [2.24, 2.45) is 0 Å². The molecule has 0 spiro atoms. The van der Waals surface area contributed by atoms with Crippen LogP contribution in [-0.4, -0.2) is 28.6 Å². The highest BCUT2D eigenvalue weighted by Crippen LogP contribution is 2.14. The summed E-state index contributed by atoms with van der Waals surface area (Å²) in [6.07, 6.45) is 7.96. The molecule has 0 fully saturated rings. The first-order valence-electron chi connectivity index (χ1n) is 4.18. The third-order valence-electron chi connectivity index (χ3n) is 1.57. The first kappa shape index (κ1) is 11.4. The maximum Gasteiger partial charge on any atom is 0.125 e. The largest absolute Gasteiger partial charge is 0.493 e. The lowest BCUT2D eigenvalue weighted by Gasteiger charge is -2.15. The number of hydrogen-bond acceptors (Lipinski definition) is 4. The molecule has 1 aliphatic rings. The van der Waals surface area contributed by atoms with Gasteiger partial charge < -0.3 is 4.74 Å². The number of ether oxygens (including phenoxy) is 1. The Balaban J connectivity index is 2.06. The lowest BCUT2D eigenvalue weighted by molar-refractivity contribution is 0.204. The second-order valence-electron chi connectivity index (χ2n) is 2.76. The van der Waals surface area contributed by atoms with Crippen molar-refractivity contribution in [3.05, 3.63) is 24.5 Å². The first-order valence-corrected chi connectivity index (χ1v) is 6.48. The molecule has 1 aliphatic heterocycles. The maximum absolute atomic E-state index is 5.36. The highest BCUT2D eigenvalue weighted by molar-refractivity contribution is 8.00. The number of rotatable bonds is 5. The van der Waals surface area contributed by atoms with Gasteiger partial charge in [-0.05, 0) is 12.2 Å². The molecule has 74 valence electrons. The van der Waals surface area contributed by atoms with E-state index in [9.17, 15) is 0 Å². The molecular weight excluding hydrogens is 220 g/mol. The van der Waals surface area contributed by atoms with Gasteiger partial charge in [-0.3, -0.25) is 0 Å². The van der Waals surface area contributed by atoms with E-state index in [1.54, 1.807) is 6.26 Å². The molecule has 0 aromatic rings. The minimum Gasteiger partial charge on any atom is -0.493 e. The molecule has 0 radical (unpaired) electrons. The highest BCUT2D eigenvalue weighted by Gasteiger charge is 2.07. The zero-order valence-electron chi connectivity index (χ0n) is 7.30. The van der Waals surface area contributed by atoms with Crippen LogP contribution in [0.15, 0.2) is 24.5 Å². The summed E-state index contributed by atoms with van der Waals surface area (Å²) in [6, 6.07) is 0. The molecule has 2 atom stereocenters. The fourth-order valence-corrected chi connectivity index (χ4v) is 2.46. The van der Waals surface area contributed by atoms with Gasteiger partial charge in [0.2, 0.25) is 0 Å². The van der Waals surface area contributed by atoms with Crippen LogP contribution in [0, 0.1) is 0 Å². The van der Waals surface area contributed by atoms with Crippen LogP contribution in [0.2, 0.25) is 0 Å². The normalized spacial score (nSPS) is 22.8. The van der Waals surface area contributed by atoms with Gasteiger partial charge in [-0.15, -0.1) is 0 Å². The Morgan fingerprint density at radius 2 is 2.31 bits per heavy atom. The molecule has 0 N–H and O–H groups in total. The molecule has 13 heavy (non-hydrogen) atoms. The Labute approximate surface area is 94.8 Å². The summed E-state index contributed by atoms with van der Waals surface area (Å²) in [4.78, 5) is 0. The fraction of sp³-hybridized carbons (Fsp3) is 0.556. The van der Waals surface area contributed by atoms with Crippen LogP contribution in [0.1, 0.15) is 0 Å². The van der Waals surface area contributed by atoms with Crippen molar-refractivity contribution in [2.75, 3.05) is 17.3 Å². The standard InChI is InChI=1S/C9H14OS3/c11-5-9(12)7-13-6-8-3-1-2-4-10-8/h1-4,8-9,11-12H,5-7H2. The minimum absolute atomic E-state index is 0.232. The van der Waals surface area contributed by atoms with Crippen molar-refractivity contribution in [2.45, 2.75) is 11.4 Å². The van der Waals surface area contributed by atoms with Crippen LogP contribution >= 0.6 is 37.0 Å². The summed E-state index contributed by atoms with van der Waals surface area (Å²) in [5.41, 5.74) is 0. The van der Waals surface area contributed by atoms with Crippen molar-refractivity contribution in [1.82, 2.24) is 0 Å². The molecule has 0 saturated carbocycles. The maximum atomic E-state index is 5.36. The second-order valence-corrected chi connectivity index (χ2v) is 4.93. The Morgan fingerprint density at radius 1 is 1.46 bits per heavy atom. The predicted molar refractivity (Wildman–Crippen MR) is 67.1 cm³/mol. The quantitative estimate of drug-likeness (QED) is 0.707. The number of thioether (sulfide) groups is 1. The molecule has 0 bridgehead atoms. The summed E-state index contributed by atoms with van der Waals surface area (Å²) in [6.45, 7) is 0. The molecular formula is C9H14OS3. The van der Waals surface area contributed by atoms with Gasteiger partial charge in [0.1, 0.15) is 6.10 Å². The number of thiol groups is 2. The summed E-state index contributed by atoms with van der Waals surface area (Å²) in [5, 5.41) is 0.386. The molecule has 0 saturated heterocycles. The monoisotopic (exact) mass is 234 g/mol. The van der Waals surface area contributed by atoms with E-state index >= 15 is 0 Å². The van der Waals surface area contributed by atoms with E-state index in [0.29, 0.717) is 5.25 Å². The van der Waals surface area contributed by atoms with Crippen molar-refractivity contribution in [1.29, 1.82) is 0 Å². The third kappa shape index (κ3) is 4.93.